The van der Waals surface area contributed by atoms with Gasteiger partial charge in [-0.2, -0.15) is 0 Å². The van der Waals surface area contributed by atoms with Crippen LogP contribution in [0.5, 0.6) is 0 Å². The number of nitrogens with one attached hydrogen (secondary N) is 2. The summed E-state index contributed by atoms with van der Waals surface area (Å²) in [6.07, 6.45) is 0.811. The Kier molecular flexibility index (Phi) is 8.17. The maximum Gasteiger partial charge on any atom is 0.251 e. The zero-order valence-electron chi connectivity index (χ0n) is 16.5. The number of carbonyl (C=O) groups excluding carboxylic acids is 1. The van der Waals surface area contributed by atoms with Crippen LogP contribution in [-0.2, 0) is 14.8 Å². The minimum Gasteiger partial charge on any atom is -0.383 e. The van der Waals surface area contributed by atoms with Gasteiger partial charge in [-0.15, -0.1) is 0 Å². The fourth-order valence-corrected chi connectivity index (χ4v) is 3.84. The van der Waals surface area contributed by atoms with Gasteiger partial charge in [0.2, 0.25) is 10.0 Å². The van der Waals surface area contributed by atoms with Crippen molar-refractivity contribution >= 4 is 15.9 Å². The number of hydrogen-bond acceptors (Lipinski definition) is 4. The Bertz CT molecular complexity index is 850. The average molecular weight is 405 g/mol. The van der Waals surface area contributed by atoms with Crippen molar-refractivity contribution in [3.8, 4) is 0 Å². The van der Waals surface area contributed by atoms with Gasteiger partial charge in [-0.3, -0.25) is 4.79 Å². The van der Waals surface area contributed by atoms with Crippen LogP contribution in [-0.4, -0.2) is 34.6 Å². The van der Waals surface area contributed by atoms with Crippen molar-refractivity contribution in [1.82, 2.24) is 10.0 Å². The van der Waals surface area contributed by atoms with Gasteiger partial charge in [0.05, 0.1) is 17.5 Å². The molecule has 0 saturated carbocycles. The quantitative estimate of drug-likeness (QED) is 0.596. The van der Waals surface area contributed by atoms with Crippen molar-refractivity contribution < 1.29 is 17.9 Å². The fraction of sp³-hybridized carbons (Fsp3) is 0.381. The smallest absolute Gasteiger partial charge is 0.251 e. The second-order valence-electron chi connectivity index (χ2n) is 6.98. The van der Waals surface area contributed by atoms with Crippen LogP contribution in [0.4, 0.5) is 0 Å². The molecule has 1 unspecified atom stereocenters. The van der Waals surface area contributed by atoms with Gasteiger partial charge in [0.15, 0.2) is 0 Å². The predicted molar refractivity (Wildman–Crippen MR) is 110 cm³/mol. The molecule has 2 aromatic carbocycles. The molecule has 152 valence electrons. The summed E-state index contributed by atoms with van der Waals surface area (Å²) >= 11 is 0. The lowest BCUT2D eigenvalue weighted by molar-refractivity contribution is 0.0932. The van der Waals surface area contributed by atoms with Gasteiger partial charge >= 0.3 is 0 Å². The first-order valence-electron chi connectivity index (χ1n) is 9.28. The summed E-state index contributed by atoms with van der Waals surface area (Å²) in [5, 5.41) is 3.06. The van der Waals surface area contributed by atoms with Crippen LogP contribution in [0.25, 0.3) is 0 Å². The number of carbonyl (C=O) groups is 1. The van der Waals surface area contributed by atoms with Crippen molar-refractivity contribution in [1.29, 1.82) is 0 Å². The zero-order valence-corrected chi connectivity index (χ0v) is 17.3. The molecule has 2 N–H and O–H groups in total. The molecular formula is C21H28N2O4S. The Labute approximate surface area is 167 Å². The highest BCUT2D eigenvalue weighted by molar-refractivity contribution is 7.89. The van der Waals surface area contributed by atoms with Crippen LogP contribution in [0, 0.1) is 5.92 Å². The minimum absolute atomic E-state index is 0.104. The van der Waals surface area contributed by atoms with E-state index in [1.54, 1.807) is 0 Å². The number of benzene rings is 2. The lowest BCUT2D eigenvalue weighted by Crippen LogP contribution is -2.30. The number of amides is 1. The third-order valence-corrected chi connectivity index (χ3v) is 5.72. The Morgan fingerprint density at radius 3 is 2.25 bits per heavy atom. The minimum atomic E-state index is -3.62. The van der Waals surface area contributed by atoms with E-state index < -0.39 is 10.0 Å². The van der Waals surface area contributed by atoms with Crippen LogP contribution in [0.15, 0.2) is 59.5 Å². The molecule has 1 atom stereocenters. The molecule has 2 rings (SSSR count). The maximum absolute atomic E-state index is 12.7. The Morgan fingerprint density at radius 1 is 1.04 bits per heavy atom. The van der Waals surface area contributed by atoms with E-state index in [0.717, 1.165) is 12.0 Å². The van der Waals surface area contributed by atoms with E-state index in [-0.39, 0.29) is 30.0 Å². The lowest BCUT2D eigenvalue weighted by Gasteiger charge is -2.21. The van der Waals surface area contributed by atoms with Gasteiger partial charge in [-0.25, -0.2) is 13.1 Å². The predicted octanol–water partition coefficient (Wildman–Crippen LogP) is 3.13. The average Bonchev–Trinajstić information content (AvgIpc) is 2.68. The van der Waals surface area contributed by atoms with E-state index in [9.17, 15) is 13.2 Å². The molecule has 28 heavy (non-hydrogen) atoms. The SMILES string of the molecule is COCCNS(=O)(=O)c1ccc(C(=O)NC(CC(C)C)c2ccccc2)cc1. The summed E-state index contributed by atoms with van der Waals surface area (Å²) in [6.45, 7) is 4.70. The first kappa shape index (κ1) is 22.1. The molecule has 2 aromatic rings. The third-order valence-electron chi connectivity index (χ3n) is 4.24. The Hall–Kier alpha value is -2.22. The van der Waals surface area contributed by atoms with Crippen LogP contribution >= 0.6 is 0 Å². The number of methoxy groups -OCH3 is 1. The van der Waals surface area contributed by atoms with Gasteiger partial charge in [0.25, 0.3) is 5.91 Å². The molecule has 1 amide bonds. The molecule has 0 aliphatic heterocycles. The van der Waals surface area contributed by atoms with Crippen LogP contribution in [0.2, 0.25) is 0 Å². The van der Waals surface area contributed by atoms with Gasteiger partial charge in [0, 0.05) is 19.2 Å². The highest BCUT2D eigenvalue weighted by Crippen LogP contribution is 2.22. The van der Waals surface area contributed by atoms with Gasteiger partial charge in [0.1, 0.15) is 0 Å². The van der Waals surface area contributed by atoms with E-state index in [2.05, 4.69) is 23.9 Å². The molecule has 0 saturated heterocycles. The summed E-state index contributed by atoms with van der Waals surface area (Å²) in [5.41, 5.74) is 1.46. The summed E-state index contributed by atoms with van der Waals surface area (Å²) in [7, 11) is -2.11. The van der Waals surface area contributed by atoms with Crippen molar-refractivity contribution in [2.24, 2.45) is 5.92 Å². The van der Waals surface area contributed by atoms with Crippen molar-refractivity contribution in [2.45, 2.75) is 31.2 Å². The summed E-state index contributed by atoms with van der Waals surface area (Å²) in [5.74, 6) is 0.182. The molecular weight excluding hydrogens is 376 g/mol. The molecule has 0 fully saturated rings. The molecule has 0 spiro atoms. The Balaban J connectivity index is 2.10. The highest BCUT2D eigenvalue weighted by atomic mass is 32.2. The molecule has 0 aliphatic carbocycles. The third kappa shape index (κ3) is 6.44. The fourth-order valence-electron chi connectivity index (χ4n) is 2.82. The van der Waals surface area contributed by atoms with Crippen molar-refractivity contribution in [2.75, 3.05) is 20.3 Å². The standard InChI is InChI=1S/C21H28N2O4S/c1-16(2)15-20(17-7-5-4-6-8-17)23-21(24)18-9-11-19(12-10-18)28(25,26)22-13-14-27-3/h4-12,16,20,22H,13-15H2,1-3H3,(H,23,24). The molecule has 0 radical (unpaired) electrons. The van der Waals surface area contributed by atoms with E-state index in [4.69, 9.17) is 4.74 Å². The van der Waals surface area contributed by atoms with Crippen molar-refractivity contribution in [3.63, 3.8) is 0 Å². The number of ether oxygens (including phenoxy) is 1. The molecule has 0 aliphatic rings. The second-order valence-corrected chi connectivity index (χ2v) is 8.75. The summed E-state index contributed by atoms with van der Waals surface area (Å²) in [6, 6.07) is 15.6. The lowest BCUT2D eigenvalue weighted by atomic mass is 9.96. The largest absolute Gasteiger partial charge is 0.383 e. The number of sulfonamides is 1. The number of hydrogen-bond donors (Lipinski definition) is 2. The molecule has 0 heterocycles. The van der Waals surface area contributed by atoms with Gasteiger partial charge < -0.3 is 10.1 Å². The van der Waals surface area contributed by atoms with E-state index in [1.165, 1.54) is 31.4 Å². The van der Waals surface area contributed by atoms with Crippen LogP contribution < -0.4 is 10.0 Å². The van der Waals surface area contributed by atoms with Gasteiger partial charge in [-0.1, -0.05) is 44.2 Å². The monoisotopic (exact) mass is 404 g/mol. The van der Waals surface area contributed by atoms with Crippen LogP contribution in [0.1, 0.15) is 42.2 Å². The van der Waals surface area contributed by atoms with Gasteiger partial charge in [-0.05, 0) is 42.2 Å². The molecule has 0 aromatic heterocycles. The zero-order chi connectivity index (χ0) is 20.6. The Morgan fingerprint density at radius 2 is 1.68 bits per heavy atom. The summed E-state index contributed by atoms with van der Waals surface area (Å²) in [4.78, 5) is 12.8. The highest BCUT2D eigenvalue weighted by Gasteiger charge is 2.18. The molecule has 0 bridgehead atoms. The van der Waals surface area contributed by atoms with E-state index >= 15 is 0 Å². The van der Waals surface area contributed by atoms with Crippen LogP contribution in [0.3, 0.4) is 0 Å². The molecule has 6 nitrogen and oxygen atoms in total. The summed E-state index contributed by atoms with van der Waals surface area (Å²) < 4.78 is 31.7. The first-order chi connectivity index (χ1) is 13.3. The number of rotatable bonds is 10. The van der Waals surface area contributed by atoms with E-state index in [1.807, 2.05) is 30.3 Å². The topological polar surface area (TPSA) is 84.5 Å². The normalized spacial score (nSPS) is 12.7. The maximum atomic E-state index is 12.7. The second kappa shape index (κ2) is 10.4. The first-order valence-corrected chi connectivity index (χ1v) is 10.8. The molecule has 7 heteroatoms. The van der Waals surface area contributed by atoms with Crippen molar-refractivity contribution in [3.05, 3.63) is 65.7 Å². The van der Waals surface area contributed by atoms with E-state index in [0.29, 0.717) is 11.5 Å².